The second kappa shape index (κ2) is 8.65. The van der Waals surface area contributed by atoms with Gasteiger partial charge in [-0.1, -0.05) is 25.1 Å². The Kier molecular flexibility index (Phi) is 5.94. The van der Waals surface area contributed by atoms with E-state index in [2.05, 4.69) is 42.1 Å². The van der Waals surface area contributed by atoms with E-state index in [1.807, 2.05) is 27.0 Å². The third-order valence-electron chi connectivity index (χ3n) is 6.14. The van der Waals surface area contributed by atoms with Crippen LogP contribution >= 0.6 is 0 Å². The molecule has 0 spiro atoms. The number of benzene rings is 1. The normalized spacial score (nSPS) is 15.1. The second-order valence-electron chi connectivity index (χ2n) is 8.93. The largest absolute Gasteiger partial charge is 0.359 e. The summed E-state index contributed by atoms with van der Waals surface area (Å²) < 4.78 is 5.25. The number of carbonyl (C=O) groups excluding carboxylic acids is 1. The first-order chi connectivity index (χ1) is 14.8. The molecule has 1 aliphatic heterocycles. The summed E-state index contributed by atoms with van der Waals surface area (Å²) in [6, 6.07) is 8.32. The van der Waals surface area contributed by atoms with Crippen LogP contribution in [0.3, 0.4) is 0 Å². The fourth-order valence-electron chi connectivity index (χ4n) is 4.23. The van der Waals surface area contributed by atoms with Gasteiger partial charge in [0.1, 0.15) is 0 Å². The van der Waals surface area contributed by atoms with Crippen LogP contribution in [-0.4, -0.2) is 46.1 Å². The maximum Gasteiger partial charge on any atom is 0.226 e. The van der Waals surface area contributed by atoms with Crippen molar-refractivity contribution >= 4 is 22.8 Å². The van der Waals surface area contributed by atoms with Crippen LogP contribution in [0.1, 0.15) is 55.3 Å². The predicted octanol–water partition coefficient (Wildman–Crippen LogP) is 4.23. The number of hydrogen-bond acceptors (Lipinski definition) is 6. The zero-order chi connectivity index (χ0) is 22.1. The number of aryl methyl sites for hydroxylation is 2. The molecule has 1 amide bonds. The highest BCUT2D eigenvalue weighted by Crippen LogP contribution is 2.27. The number of rotatable bonds is 5. The molecule has 0 saturated carbocycles. The topological polar surface area (TPSA) is 75.4 Å². The Morgan fingerprint density at radius 3 is 2.58 bits per heavy atom. The van der Waals surface area contributed by atoms with Gasteiger partial charge in [0.05, 0.1) is 23.4 Å². The monoisotopic (exact) mass is 421 g/mol. The van der Waals surface area contributed by atoms with Crippen molar-refractivity contribution in [3.8, 4) is 0 Å². The van der Waals surface area contributed by atoms with E-state index in [0.717, 1.165) is 54.2 Å². The number of amides is 1. The van der Waals surface area contributed by atoms with E-state index in [9.17, 15) is 4.79 Å². The molecule has 2 aromatic heterocycles. The number of anilines is 1. The fraction of sp³-hybridized carbons (Fsp3) is 0.500. The van der Waals surface area contributed by atoms with E-state index in [-0.39, 0.29) is 11.8 Å². The molecular weight excluding hydrogens is 390 g/mol. The standard InChI is InChI=1S/C24H31N5O2/c1-15(2)19-6-7-22-21(13-19)17(4)25-24(26-22)29-10-8-18(9-11-29)23(30)28(5)14-20-12-16(3)27-31-20/h6-7,12-13,15,18H,8-11,14H2,1-5H3. The van der Waals surface area contributed by atoms with Gasteiger partial charge in [0.15, 0.2) is 5.76 Å². The van der Waals surface area contributed by atoms with E-state index in [4.69, 9.17) is 14.5 Å². The van der Waals surface area contributed by atoms with Crippen LogP contribution in [0.4, 0.5) is 5.95 Å². The van der Waals surface area contributed by atoms with Crippen molar-refractivity contribution in [3.63, 3.8) is 0 Å². The van der Waals surface area contributed by atoms with Gasteiger partial charge in [0.2, 0.25) is 11.9 Å². The SMILES string of the molecule is Cc1cc(CN(C)C(=O)C2CCN(c3nc(C)c4cc(C(C)C)ccc4n3)CC2)on1. The van der Waals surface area contributed by atoms with Crippen LogP contribution in [0.25, 0.3) is 10.9 Å². The summed E-state index contributed by atoms with van der Waals surface area (Å²) >= 11 is 0. The molecule has 3 aromatic rings. The van der Waals surface area contributed by atoms with E-state index in [1.54, 1.807) is 4.90 Å². The Bertz CT molecular complexity index is 1080. The molecule has 164 valence electrons. The lowest BCUT2D eigenvalue weighted by Gasteiger charge is -2.33. The van der Waals surface area contributed by atoms with Gasteiger partial charge in [-0.25, -0.2) is 9.97 Å². The molecule has 0 aliphatic carbocycles. The highest BCUT2D eigenvalue weighted by atomic mass is 16.5. The third-order valence-corrected chi connectivity index (χ3v) is 6.14. The average Bonchev–Trinajstić information content (AvgIpc) is 3.17. The Morgan fingerprint density at radius 2 is 1.94 bits per heavy atom. The Morgan fingerprint density at radius 1 is 1.19 bits per heavy atom. The van der Waals surface area contributed by atoms with Crippen molar-refractivity contribution in [2.24, 2.45) is 5.92 Å². The van der Waals surface area contributed by atoms with Gasteiger partial charge in [0.25, 0.3) is 0 Å². The number of fused-ring (bicyclic) bond motifs is 1. The van der Waals surface area contributed by atoms with Gasteiger partial charge in [-0.2, -0.15) is 0 Å². The molecule has 4 rings (SSSR count). The smallest absolute Gasteiger partial charge is 0.226 e. The first kappa shape index (κ1) is 21.3. The minimum Gasteiger partial charge on any atom is -0.359 e. The number of hydrogen-bond donors (Lipinski definition) is 0. The maximum atomic E-state index is 12.9. The molecule has 31 heavy (non-hydrogen) atoms. The van der Waals surface area contributed by atoms with Crippen LogP contribution in [0, 0.1) is 19.8 Å². The molecule has 0 radical (unpaired) electrons. The molecule has 7 nitrogen and oxygen atoms in total. The summed E-state index contributed by atoms with van der Waals surface area (Å²) in [6.45, 7) is 10.3. The Balaban J connectivity index is 1.41. The average molecular weight is 422 g/mol. The number of carbonyl (C=O) groups is 1. The van der Waals surface area contributed by atoms with E-state index in [1.165, 1.54) is 5.56 Å². The van der Waals surface area contributed by atoms with Crippen molar-refractivity contribution in [2.75, 3.05) is 25.0 Å². The molecule has 0 atom stereocenters. The Labute approximate surface area is 183 Å². The molecule has 7 heteroatoms. The number of piperidine rings is 1. The molecular formula is C24H31N5O2. The Hall–Kier alpha value is -2.96. The number of nitrogens with zero attached hydrogens (tertiary/aromatic N) is 5. The molecule has 1 aromatic carbocycles. The van der Waals surface area contributed by atoms with Gasteiger partial charge in [-0.15, -0.1) is 0 Å². The van der Waals surface area contributed by atoms with Gasteiger partial charge in [-0.05, 0) is 50.3 Å². The summed E-state index contributed by atoms with van der Waals surface area (Å²) in [4.78, 5) is 26.4. The van der Waals surface area contributed by atoms with Crippen molar-refractivity contribution in [2.45, 2.75) is 53.0 Å². The molecule has 1 aliphatic rings. The quantitative estimate of drug-likeness (QED) is 0.614. The van der Waals surface area contributed by atoms with Crippen molar-refractivity contribution in [3.05, 3.63) is 47.0 Å². The molecule has 1 saturated heterocycles. The zero-order valence-corrected chi connectivity index (χ0v) is 19.1. The molecule has 0 N–H and O–H groups in total. The molecule has 0 bridgehead atoms. The number of aromatic nitrogens is 3. The highest BCUT2D eigenvalue weighted by Gasteiger charge is 2.29. The highest BCUT2D eigenvalue weighted by molar-refractivity contribution is 5.83. The first-order valence-corrected chi connectivity index (χ1v) is 11.0. The van der Waals surface area contributed by atoms with Crippen molar-refractivity contribution in [1.29, 1.82) is 0 Å². The van der Waals surface area contributed by atoms with Crippen LogP contribution in [0.15, 0.2) is 28.8 Å². The minimum atomic E-state index is 0.0143. The lowest BCUT2D eigenvalue weighted by molar-refractivity contribution is -0.135. The van der Waals surface area contributed by atoms with Gasteiger partial charge in [-0.3, -0.25) is 4.79 Å². The van der Waals surface area contributed by atoms with Gasteiger partial charge < -0.3 is 14.3 Å². The third kappa shape index (κ3) is 4.55. The van der Waals surface area contributed by atoms with Gasteiger partial charge >= 0.3 is 0 Å². The summed E-state index contributed by atoms with van der Waals surface area (Å²) in [5.41, 5.74) is 4.11. The van der Waals surface area contributed by atoms with Crippen LogP contribution < -0.4 is 4.90 Å². The lowest BCUT2D eigenvalue weighted by atomic mass is 9.95. The lowest BCUT2D eigenvalue weighted by Crippen LogP contribution is -2.41. The zero-order valence-electron chi connectivity index (χ0n) is 19.1. The molecule has 0 unspecified atom stereocenters. The predicted molar refractivity (Wildman–Crippen MR) is 121 cm³/mol. The molecule has 3 heterocycles. The summed E-state index contributed by atoms with van der Waals surface area (Å²) in [6.07, 6.45) is 1.59. The van der Waals surface area contributed by atoms with Crippen LogP contribution in [-0.2, 0) is 11.3 Å². The molecule has 1 fully saturated rings. The van der Waals surface area contributed by atoms with Crippen LogP contribution in [0.5, 0.6) is 0 Å². The summed E-state index contributed by atoms with van der Waals surface area (Å²) in [7, 11) is 1.83. The van der Waals surface area contributed by atoms with Crippen molar-refractivity contribution < 1.29 is 9.32 Å². The maximum absolute atomic E-state index is 12.9. The van der Waals surface area contributed by atoms with E-state index in [0.29, 0.717) is 18.2 Å². The van der Waals surface area contributed by atoms with Crippen molar-refractivity contribution in [1.82, 2.24) is 20.0 Å². The van der Waals surface area contributed by atoms with Crippen LogP contribution in [0.2, 0.25) is 0 Å². The van der Waals surface area contributed by atoms with E-state index >= 15 is 0 Å². The minimum absolute atomic E-state index is 0.0143. The summed E-state index contributed by atoms with van der Waals surface area (Å²) in [5, 5.41) is 5.01. The summed E-state index contributed by atoms with van der Waals surface area (Å²) in [5.74, 6) is 2.13. The fourth-order valence-corrected chi connectivity index (χ4v) is 4.23. The second-order valence-corrected chi connectivity index (χ2v) is 8.93. The van der Waals surface area contributed by atoms with E-state index < -0.39 is 0 Å². The van der Waals surface area contributed by atoms with Gasteiger partial charge in [0, 0.05) is 37.5 Å². The first-order valence-electron chi connectivity index (χ1n) is 11.0.